The van der Waals surface area contributed by atoms with Crippen LogP contribution in [0.2, 0.25) is 0 Å². The molecule has 15 heavy (non-hydrogen) atoms. The van der Waals surface area contributed by atoms with Crippen LogP contribution >= 0.6 is 0 Å². The van der Waals surface area contributed by atoms with Crippen LogP contribution in [0.3, 0.4) is 0 Å². The third kappa shape index (κ3) is 2.87. The van der Waals surface area contributed by atoms with Crippen molar-refractivity contribution in [2.75, 3.05) is 6.61 Å². The molecular weight excluding hydrogens is 196 g/mol. The summed E-state index contributed by atoms with van der Waals surface area (Å²) in [6, 6.07) is 4.17. The van der Waals surface area contributed by atoms with Crippen molar-refractivity contribution in [1.82, 2.24) is 0 Å². The van der Waals surface area contributed by atoms with Crippen molar-refractivity contribution in [2.45, 2.75) is 13.8 Å². The lowest BCUT2D eigenvalue weighted by Gasteiger charge is -2.08. The lowest BCUT2D eigenvalue weighted by atomic mass is 10.2. The molecule has 0 saturated carbocycles. The highest BCUT2D eigenvalue weighted by atomic mass is 16.5. The summed E-state index contributed by atoms with van der Waals surface area (Å²) in [5.41, 5.74) is -0.0179. The van der Waals surface area contributed by atoms with Crippen LogP contribution in [0.4, 0.5) is 0 Å². The molecule has 1 aromatic rings. The summed E-state index contributed by atoms with van der Waals surface area (Å²) >= 11 is 0. The molecule has 4 heteroatoms. The Hall–Kier alpha value is -1.71. The van der Waals surface area contributed by atoms with Crippen molar-refractivity contribution in [3.05, 3.63) is 23.8 Å². The van der Waals surface area contributed by atoms with Gasteiger partial charge >= 0.3 is 5.97 Å². The van der Waals surface area contributed by atoms with Gasteiger partial charge < -0.3 is 14.9 Å². The summed E-state index contributed by atoms with van der Waals surface area (Å²) in [5.74, 6) is -1.16. The molecule has 0 bridgehead atoms. The molecule has 82 valence electrons. The quantitative estimate of drug-likeness (QED) is 0.590. The Morgan fingerprint density at radius 3 is 2.67 bits per heavy atom. The van der Waals surface area contributed by atoms with Gasteiger partial charge in [-0.25, -0.2) is 4.79 Å². The number of benzene rings is 1. The molecule has 0 fully saturated rings. The monoisotopic (exact) mass is 210 g/mol. The molecular formula is C11H14O4. The van der Waals surface area contributed by atoms with E-state index < -0.39 is 11.7 Å². The molecule has 0 radical (unpaired) electrons. The van der Waals surface area contributed by atoms with E-state index in [9.17, 15) is 9.90 Å². The van der Waals surface area contributed by atoms with Gasteiger partial charge in [0.25, 0.3) is 0 Å². The number of phenols is 2. The van der Waals surface area contributed by atoms with E-state index in [-0.39, 0.29) is 23.8 Å². The highest BCUT2D eigenvalue weighted by Crippen LogP contribution is 2.28. The largest absolute Gasteiger partial charge is 0.504 e. The van der Waals surface area contributed by atoms with Crippen molar-refractivity contribution in [3.8, 4) is 11.5 Å². The number of carbonyl (C=O) groups is 1. The normalized spacial score (nSPS) is 10.3. The summed E-state index contributed by atoms with van der Waals surface area (Å²) in [6.07, 6.45) is 0. The van der Waals surface area contributed by atoms with Crippen LogP contribution in [0, 0.1) is 5.92 Å². The Kier molecular flexibility index (Phi) is 3.55. The third-order valence-electron chi connectivity index (χ3n) is 1.78. The number of aromatic hydroxyl groups is 2. The third-order valence-corrected chi connectivity index (χ3v) is 1.78. The van der Waals surface area contributed by atoms with E-state index in [2.05, 4.69) is 0 Å². The number of carbonyl (C=O) groups excluding carboxylic acids is 1. The standard InChI is InChI=1S/C11H14O4/c1-7(2)6-15-11(14)8-4-3-5-9(12)10(8)13/h3-5,7,12-13H,6H2,1-2H3. The van der Waals surface area contributed by atoms with E-state index in [1.54, 1.807) is 0 Å². The SMILES string of the molecule is CC(C)COC(=O)c1cccc(O)c1O. The van der Waals surface area contributed by atoms with E-state index in [0.717, 1.165) is 0 Å². The second kappa shape index (κ2) is 4.68. The van der Waals surface area contributed by atoms with Crippen LogP contribution in [-0.2, 0) is 4.74 Å². The molecule has 0 aliphatic carbocycles. The fourth-order valence-corrected chi connectivity index (χ4v) is 1.02. The van der Waals surface area contributed by atoms with Gasteiger partial charge in [0.05, 0.1) is 6.61 Å². The van der Waals surface area contributed by atoms with Gasteiger partial charge in [0.2, 0.25) is 0 Å². The maximum absolute atomic E-state index is 11.4. The van der Waals surface area contributed by atoms with Gasteiger partial charge in [0.1, 0.15) is 5.56 Å². The van der Waals surface area contributed by atoms with Crippen LogP contribution in [0.25, 0.3) is 0 Å². The van der Waals surface area contributed by atoms with Crippen molar-refractivity contribution in [3.63, 3.8) is 0 Å². The predicted octanol–water partition coefficient (Wildman–Crippen LogP) is 1.91. The summed E-state index contributed by atoms with van der Waals surface area (Å²) in [7, 11) is 0. The Morgan fingerprint density at radius 2 is 2.07 bits per heavy atom. The summed E-state index contributed by atoms with van der Waals surface area (Å²) in [5, 5.41) is 18.6. The van der Waals surface area contributed by atoms with Crippen LogP contribution < -0.4 is 0 Å². The highest BCUT2D eigenvalue weighted by Gasteiger charge is 2.15. The Morgan fingerprint density at radius 1 is 1.40 bits per heavy atom. The smallest absolute Gasteiger partial charge is 0.342 e. The molecule has 0 saturated heterocycles. The molecule has 0 amide bonds. The second-order valence-electron chi connectivity index (χ2n) is 3.67. The molecule has 0 aromatic heterocycles. The Labute approximate surface area is 88.1 Å². The van der Waals surface area contributed by atoms with Crippen LogP contribution in [0.15, 0.2) is 18.2 Å². The van der Waals surface area contributed by atoms with E-state index in [1.807, 2.05) is 13.8 Å². The molecule has 0 spiro atoms. The first-order chi connectivity index (χ1) is 7.02. The highest BCUT2D eigenvalue weighted by molar-refractivity contribution is 5.93. The molecule has 0 atom stereocenters. The number of ether oxygens (including phenoxy) is 1. The number of esters is 1. The maximum atomic E-state index is 11.4. The lowest BCUT2D eigenvalue weighted by molar-refractivity contribution is 0.0455. The zero-order chi connectivity index (χ0) is 11.4. The first kappa shape index (κ1) is 11.4. The van der Waals surface area contributed by atoms with E-state index >= 15 is 0 Å². The summed E-state index contributed by atoms with van der Waals surface area (Å²) in [6.45, 7) is 4.11. The van der Waals surface area contributed by atoms with Gasteiger partial charge in [-0.2, -0.15) is 0 Å². The Balaban J connectivity index is 2.78. The molecule has 2 N–H and O–H groups in total. The van der Waals surface area contributed by atoms with E-state index in [4.69, 9.17) is 9.84 Å². The molecule has 0 heterocycles. The van der Waals surface area contributed by atoms with Crippen LogP contribution in [-0.4, -0.2) is 22.8 Å². The summed E-state index contributed by atoms with van der Waals surface area (Å²) < 4.78 is 4.92. The first-order valence-electron chi connectivity index (χ1n) is 4.70. The van der Waals surface area contributed by atoms with Crippen molar-refractivity contribution >= 4 is 5.97 Å². The first-order valence-corrected chi connectivity index (χ1v) is 4.70. The molecule has 4 nitrogen and oxygen atoms in total. The van der Waals surface area contributed by atoms with Gasteiger partial charge in [-0.3, -0.25) is 0 Å². The molecule has 1 rings (SSSR count). The zero-order valence-electron chi connectivity index (χ0n) is 8.73. The number of hydrogen-bond donors (Lipinski definition) is 2. The van der Waals surface area contributed by atoms with E-state index in [1.165, 1.54) is 18.2 Å². The van der Waals surface area contributed by atoms with E-state index in [0.29, 0.717) is 0 Å². The number of hydrogen-bond acceptors (Lipinski definition) is 4. The maximum Gasteiger partial charge on any atom is 0.342 e. The fraction of sp³-hybridized carbons (Fsp3) is 0.364. The fourth-order valence-electron chi connectivity index (χ4n) is 1.02. The van der Waals surface area contributed by atoms with Crippen LogP contribution in [0.5, 0.6) is 11.5 Å². The van der Waals surface area contributed by atoms with Gasteiger partial charge in [-0.15, -0.1) is 0 Å². The van der Waals surface area contributed by atoms with Gasteiger partial charge in [0, 0.05) is 0 Å². The number of para-hydroxylation sites is 1. The van der Waals surface area contributed by atoms with Crippen molar-refractivity contribution < 1.29 is 19.7 Å². The zero-order valence-corrected chi connectivity index (χ0v) is 8.73. The average molecular weight is 210 g/mol. The topological polar surface area (TPSA) is 66.8 Å². The minimum atomic E-state index is -0.628. The Bertz CT molecular complexity index is 358. The number of rotatable bonds is 3. The van der Waals surface area contributed by atoms with Gasteiger partial charge in [-0.1, -0.05) is 19.9 Å². The average Bonchev–Trinajstić information content (AvgIpc) is 2.18. The molecule has 0 unspecified atom stereocenters. The minimum absolute atomic E-state index is 0.0179. The molecule has 0 aliphatic heterocycles. The van der Waals surface area contributed by atoms with Gasteiger partial charge in [-0.05, 0) is 18.1 Å². The van der Waals surface area contributed by atoms with Crippen LogP contribution in [0.1, 0.15) is 24.2 Å². The molecule has 1 aromatic carbocycles. The van der Waals surface area contributed by atoms with Crippen molar-refractivity contribution in [2.24, 2.45) is 5.92 Å². The lowest BCUT2D eigenvalue weighted by Crippen LogP contribution is -2.10. The molecule has 0 aliphatic rings. The predicted molar refractivity (Wildman–Crippen MR) is 54.9 cm³/mol. The van der Waals surface area contributed by atoms with Gasteiger partial charge in [0.15, 0.2) is 11.5 Å². The summed E-state index contributed by atoms with van der Waals surface area (Å²) in [4.78, 5) is 11.4. The minimum Gasteiger partial charge on any atom is -0.504 e. The second-order valence-corrected chi connectivity index (χ2v) is 3.67. The van der Waals surface area contributed by atoms with Crippen molar-refractivity contribution in [1.29, 1.82) is 0 Å². The number of phenolic OH excluding ortho intramolecular Hbond substituents is 2.